The highest BCUT2D eigenvalue weighted by atomic mass is 35.5. The predicted octanol–water partition coefficient (Wildman–Crippen LogP) is 6.34. The van der Waals surface area contributed by atoms with Crippen molar-refractivity contribution >= 4 is 17.6 Å². The molecular formula is C19H29ClO3. The van der Waals surface area contributed by atoms with Crippen LogP contribution >= 0.6 is 11.6 Å². The van der Waals surface area contributed by atoms with E-state index in [-0.39, 0.29) is 5.56 Å². The van der Waals surface area contributed by atoms with Crippen LogP contribution < -0.4 is 4.74 Å². The molecule has 0 radical (unpaired) electrons. The highest BCUT2D eigenvalue weighted by molar-refractivity contribution is 6.32. The molecule has 4 heteroatoms. The molecule has 0 aromatic heterocycles. The minimum absolute atomic E-state index is 0.182. The smallest absolute Gasteiger partial charge is 0.335 e. The molecule has 3 nitrogen and oxygen atoms in total. The van der Waals surface area contributed by atoms with Gasteiger partial charge in [-0.2, -0.15) is 0 Å². The number of ether oxygens (including phenoxy) is 1. The zero-order valence-corrected chi connectivity index (χ0v) is 14.9. The maximum Gasteiger partial charge on any atom is 0.335 e. The lowest BCUT2D eigenvalue weighted by Gasteiger charge is -2.08. The van der Waals surface area contributed by atoms with Crippen molar-refractivity contribution in [3.63, 3.8) is 0 Å². The minimum atomic E-state index is -0.979. The highest BCUT2D eigenvalue weighted by Gasteiger charge is 2.07. The summed E-state index contributed by atoms with van der Waals surface area (Å²) in [5.41, 5.74) is 0.182. The van der Waals surface area contributed by atoms with Crippen molar-refractivity contribution in [2.24, 2.45) is 0 Å². The van der Waals surface area contributed by atoms with Crippen molar-refractivity contribution in [2.45, 2.75) is 71.1 Å². The summed E-state index contributed by atoms with van der Waals surface area (Å²) in [6, 6.07) is 4.57. The summed E-state index contributed by atoms with van der Waals surface area (Å²) in [4.78, 5) is 10.8. The van der Waals surface area contributed by atoms with E-state index in [0.29, 0.717) is 17.4 Å². The minimum Gasteiger partial charge on any atom is -0.492 e. The molecule has 1 rings (SSSR count). The van der Waals surface area contributed by atoms with Gasteiger partial charge in [0.1, 0.15) is 5.75 Å². The molecule has 1 N–H and O–H groups in total. The number of carbonyl (C=O) groups is 1. The zero-order valence-electron chi connectivity index (χ0n) is 14.2. The van der Waals surface area contributed by atoms with E-state index in [2.05, 4.69) is 6.92 Å². The third kappa shape index (κ3) is 8.85. The summed E-state index contributed by atoms with van der Waals surface area (Å²) in [6.07, 6.45) is 12.9. The van der Waals surface area contributed by atoms with Gasteiger partial charge < -0.3 is 9.84 Å². The fourth-order valence-corrected chi connectivity index (χ4v) is 2.76. The maximum atomic E-state index is 10.8. The van der Waals surface area contributed by atoms with E-state index in [1.165, 1.54) is 69.9 Å². The van der Waals surface area contributed by atoms with Gasteiger partial charge in [-0.25, -0.2) is 4.79 Å². The van der Waals surface area contributed by atoms with Crippen LogP contribution in [-0.4, -0.2) is 17.7 Å². The number of halogens is 1. The molecule has 0 aliphatic rings. The van der Waals surface area contributed by atoms with E-state index in [1.54, 1.807) is 6.07 Å². The first-order chi connectivity index (χ1) is 11.1. The number of unbranched alkanes of at least 4 members (excludes halogenated alkanes) is 9. The number of carboxylic acid groups (broad SMARTS) is 1. The van der Waals surface area contributed by atoms with Crippen molar-refractivity contribution < 1.29 is 14.6 Å². The van der Waals surface area contributed by atoms with E-state index in [9.17, 15) is 4.79 Å². The second-order valence-corrected chi connectivity index (χ2v) is 6.39. The van der Waals surface area contributed by atoms with Gasteiger partial charge in [0.2, 0.25) is 0 Å². The average Bonchev–Trinajstić information content (AvgIpc) is 2.53. The molecule has 0 unspecified atom stereocenters. The molecule has 0 aliphatic carbocycles. The lowest BCUT2D eigenvalue weighted by molar-refractivity contribution is 0.0697. The third-order valence-electron chi connectivity index (χ3n) is 3.93. The van der Waals surface area contributed by atoms with Crippen molar-refractivity contribution in [1.82, 2.24) is 0 Å². The molecule has 1 aromatic carbocycles. The number of carboxylic acids is 1. The summed E-state index contributed by atoms with van der Waals surface area (Å²) >= 11 is 6.02. The Morgan fingerprint density at radius 2 is 1.57 bits per heavy atom. The molecule has 0 spiro atoms. The molecule has 0 aliphatic heterocycles. The zero-order chi connectivity index (χ0) is 16.9. The van der Waals surface area contributed by atoms with Crippen LogP contribution in [0.2, 0.25) is 5.02 Å². The maximum absolute atomic E-state index is 10.8. The average molecular weight is 341 g/mol. The van der Waals surface area contributed by atoms with Crippen molar-refractivity contribution in [1.29, 1.82) is 0 Å². The van der Waals surface area contributed by atoms with Crippen LogP contribution in [0.25, 0.3) is 0 Å². The fraction of sp³-hybridized carbons (Fsp3) is 0.632. The Balaban J connectivity index is 2.04. The molecule has 130 valence electrons. The molecule has 23 heavy (non-hydrogen) atoms. The van der Waals surface area contributed by atoms with Crippen LogP contribution in [0.4, 0.5) is 0 Å². The summed E-state index contributed by atoms with van der Waals surface area (Å²) in [7, 11) is 0. The lowest BCUT2D eigenvalue weighted by atomic mass is 10.1. The lowest BCUT2D eigenvalue weighted by Crippen LogP contribution is -2.00. The quantitative estimate of drug-likeness (QED) is 0.426. The Bertz CT molecular complexity index is 460. The first-order valence-corrected chi connectivity index (χ1v) is 9.18. The van der Waals surface area contributed by atoms with Crippen molar-refractivity contribution in [3.8, 4) is 5.75 Å². The Kier molecular flexibility index (Phi) is 10.5. The summed E-state index contributed by atoms with van der Waals surface area (Å²) < 4.78 is 5.62. The number of hydrogen-bond acceptors (Lipinski definition) is 2. The molecule has 0 atom stereocenters. The van der Waals surface area contributed by atoms with Crippen LogP contribution in [0.1, 0.15) is 81.5 Å². The second kappa shape index (κ2) is 12.2. The molecule has 0 saturated carbocycles. The molecule has 0 bridgehead atoms. The summed E-state index contributed by atoms with van der Waals surface area (Å²) in [5, 5.41) is 9.24. The Morgan fingerprint density at radius 3 is 2.09 bits per heavy atom. The number of aromatic carboxylic acids is 1. The van der Waals surface area contributed by atoms with Gasteiger partial charge in [0.15, 0.2) is 0 Å². The molecular weight excluding hydrogens is 312 g/mol. The van der Waals surface area contributed by atoms with Gasteiger partial charge in [0.05, 0.1) is 17.2 Å². The van der Waals surface area contributed by atoms with E-state index in [0.717, 1.165) is 6.42 Å². The Hall–Kier alpha value is -1.22. The monoisotopic (exact) mass is 340 g/mol. The first kappa shape index (κ1) is 19.8. The Morgan fingerprint density at radius 1 is 1.00 bits per heavy atom. The Labute approximate surface area is 145 Å². The SMILES string of the molecule is CCCCCCCCCCCCOc1ccc(C(=O)O)cc1Cl. The van der Waals surface area contributed by atoms with E-state index in [1.807, 2.05) is 0 Å². The topological polar surface area (TPSA) is 46.5 Å². The van der Waals surface area contributed by atoms with E-state index in [4.69, 9.17) is 21.4 Å². The van der Waals surface area contributed by atoms with Gasteiger partial charge in [0.25, 0.3) is 0 Å². The molecule has 0 heterocycles. The van der Waals surface area contributed by atoms with Crippen LogP contribution in [0.3, 0.4) is 0 Å². The number of rotatable bonds is 13. The standard InChI is InChI=1S/C19H29ClO3/c1-2-3-4-5-6-7-8-9-10-11-14-23-18-13-12-16(19(21)22)15-17(18)20/h12-13,15H,2-11,14H2,1H3,(H,21,22). The molecule has 1 aromatic rings. The van der Waals surface area contributed by atoms with Gasteiger partial charge in [-0.05, 0) is 24.6 Å². The van der Waals surface area contributed by atoms with Crippen molar-refractivity contribution in [2.75, 3.05) is 6.61 Å². The van der Waals surface area contributed by atoms with Crippen LogP contribution in [0.15, 0.2) is 18.2 Å². The number of benzene rings is 1. The van der Waals surface area contributed by atoms with Gasteiger partial charge in [-0.15, -0.1) is 0 Å². The summed E-state index contributed by atoms with van der Waals surface area (Å²) in [6.45, 7) is 2.87. The second-order valence-electron chi connectivity index (χ2n) is 5.98. The molecule has 0 amide bonds. The highest BCUT2D eigenvalue weighted by Crippen LogP contribution is 2.25. The van der Waals surface area contributed by atoms with Crippen molar-refractivity contribution in [3.05, 3.63) is 28.8 Å². The largest absolute Gasteiger partial charge is 0.492 e. The molecule has 0 saturated heterocycles. The first-order valence-electron chi connectivity index (χ1n) is 8.80. The third-order valence-corrected chi connectivity index (χ3v) is 4.23. The fourth-order valence-electron chi connectivity index (χ4n) is 2.52. The summed E-state index contributed by atoms with van der Waals surface area (Å²) in [5.74, 6) is -0.416. The van der Waals surface area contributed by atoms with Gasteiger partial charge in [-0.1, -0.05) is 76.3 Å². The van der Waals surface area contributed by atoms with E-state index < -0.39 is 5.97 Å². The van der Waals surface area contributed by atoms with Crippen LogP contribution in [-0.2, 0) is 0 Å². The van der Waals surface area contributed by atoms with Gasteiger partial charge in [0, 0.05) is 0 Å². The van der Waals surface area contributed by atoms with Gasteiger partial charge >= 0.3 is 5.97 Å². The van der Waals surface area contributed by atoms with Crippen LogP contribution in [0.5, 0.6) is 5.75 Å². The number of hydrogen-bond donors (Lipinski definition) is 1. The molecule has 0 fully saturated rings. The normalized spacial score (nSPS) is 10.7. The predicted molar refractivity (Wildman–Crippen MR) is 95.8 cm³/mol. The van der Waals surface area contributed by atoms with Gasteiger partial charge in [-0.3, -0.25) is 0 Å². The van der Waals surface area contributed by atoms with Crippen LogP contribution in [0, 0.1) is 0 Å². The van der Waals surface area contributed by atoms with E-state index >= 15 is 0 Å².